The van der Waals surface area contributed by atoms with Crippen molar-refractivity contribution in [3.8, 4) is 5.75 Å². The van der Waals surface area contributed by atoms with Gasteiger partial charge in [-0.1, -0.05) is 28.1 Å². The third kappa shape index (κ3) is 4.86. The van der Waals surface area contributed by atoms with Gasteiger partial charge in [-0.05, 0) is 36.3 Å². The minimum absolute atomic E-state index is 0.246. The van der Waals surface area contributed by atoms with Crippen molar-refractivity contribution in [3.63, 3.8) is 0 Å². The first kappa shape index (κ1) is 17.6. The number of halogens is 4. The third-order valence-corrected chi connectivity index (χ3v) is 3.76. The van der Waals surface area contributed by atoms with E-state index in [1.54, 1.807) is 24.3 Å². The Morgan fingerprint density at radius 3 is 2.48 bits per heavy atom. The van der Waals surface area contributed by atoms with Gasteiger partial charge < -0.3 is 9.47 Å². The van der Waals surface area contributed by atoms with Gasteiger partial charge in [-0.15, -0.1) is 0 Å². The topological polar surface area (TPSA) is 35.5 Å². The zero-order valence-electron chi connectivity index (χ0n) is 12.2. The van der Waals surface area contributed by atoms with E-state index < -0.39 is 17.9 Å². The molecule has 7 heteroatoms. The van der Waals surface area contributed by atoms with Crippen LogP contribution < -0.4 is 4.74 Å². The van der Waals surface area contributed by atoms with Gasteiger partial charge in [0.2, 0.25) is 0 Å². The zero-order valence-corrected chi connectivity index (χ0v) is 13.8. The number of hydrogen-bond donors (Lipinski definition) is 0. The largest absolute Gasteiger partial charge is 0.482 e. The Morgan fingerprint density at radius 2 is 1.91 bits per heavy atom. The van der Waals surface area contributed by atoms with Gasteiger partial charge in [0.15, 0.2) is 0 Å². The molecule has 0 fully saturated rings. The lowest BCUT2D eigenvalue weighted by atomic mass is 10.1. The molecule has 1 unspecified atom stereocenters. The molecule has 1 aromatic carbocycles. The summed E-state index contributed by atoms with van der Waals surface area (Å²) in [6.45, 7) is 0. The van der Waals surface area contributed by atoms with Crippen LogP contribution in [0.1, 0.15) is 12.0 Å². The molecule has 0 bridgehead atoms. The first-order valence-electron chi connectivity index (χ1n) is 6.78. The minimum atomic E-state index is -4.45. The molecule has 0 aromatic heterocycles. The van der Waals surface area contributed by atoms with Crippen LogP contribution in [0.5, 0.6) is 5.75 Å². The second-order valence-electron chi connectivity index (χ2n) is 4.91. The average Bonchev–Trinajstić information content (AvgIpc) is 2.87. The lowest BCUT2D eigenvalue weighted by Gasteiger charge is -2.18. The van der Waals surface area contributed by atoms with Gasteiger partial charge in [0.25, 0.3) is 0 Å². The molecule has 1 aliphatic carbocycles. The standard InChI is InChI=1S/C16H14BrF3O3/c1-22-15(21)7-4-10-2-5-12(6-3-10)23-14-9-11(17)8-13(14)16(18,19)20/h2-3,5-6,8-9,14H,4,7H2,1H3. The summed E-state index contributed by atoms with van der Waals surface area (Å²) < 4.78 is 49.0. The highest BCUT2D eigenvalue weighted by Crippen LogP contribution is 2.37. The maximum absolute atomic E-state index is 12.9. The maximum atomic E-state index is 12.9. The second-order valence-corrected chi connectivity index (χ2v) is 5.82. The summed E-state index contributed by atoms with van der Waals surface area (Å²) in [6, 6.07) is 6.59. The van der Waals surface area contributed by atoms with Crippen molar-refractivity contribution in [2.45, 2.75) is 25.1 Å². The van der Waals surface area contributed by atoms with Crippen LogP contribution in [0, 0.1) is 0 Å². The molecule has 0 saturated heterocycles. The van der Waals surface area contributed by atoms with Crippen molar-refractivity contribution in [1.29, 1.82) is 0 Å². The van der Waals surface area contributed by atoms with Gasteiger partial charge in [0.1, 0.15) is 11.9 Å². The monoisotopic (exact) mass is 390 g/mol. The molecule has 3 nitrogen and oxygen atoms in total. The van der Waals surface area contributed by atoms with Crippen LogP contribution >= 0.6 is 15.9 Å². The third-order valence-electron chi connectivity index (χ3n) is 3.27. The fourth-order valence-corrected chi connectivity index (χ4v) is 2.57. The van der Waals surface area contributed by atoms with E-state index in [4.69, 9.17) is 4.74 Å². The van der Waals surface area contributed by atoms with E-state index in [-0.39, 0.29) is 12.4 Å². The van der Waals surface area contributed by atoms with E-state index in [9.17, 15) is 18.0 Å². The summed E-state index contributed by atoms with van der Waals surface area (Å²) in [5, 5.41) is 0. The number of methoxy groups -OCH3 is 1. The molecule has 0 N–H and O–H groups in total. The smallest absolute Gasteiger partial charge is 0.416 e. The SMILES string of the molecule is COC(=O)CCc1ccc(OC2C=C(Br)C=C2C(F)(F)F)cc1. The predicted molar refractivity (Wildman–Crippen MR) is 82.3 cm³/mol. The molecular weight excluding hydrogens is 377 g/mol. The second kappa shape index (κ2) is 7.21. The lowest BCUT2D eigenvalue weighted by molar-refractivity contribution is -0.140. The molecule has 1 aliphatic rings. The number of ether oxygens (including phenoxy) is 2. The normalized spacial score (nSPS) is 17.5. The summed E-state index contributed by atoms with van der Waals surface area (Å²) in [6.07, 6.45) is -2.52. The highest BCUT2D eigenvalue weighted by atomic mass is 79.9. The van der Waals surface area contributed by atoms with Crippen molar-refractivity contribution in [1.82, 2.24) is 0 Å². The van der Waals surface area contributed by atoms with Crippen LogP contribution in [-0.4, -0.2) is 25.4 Å². The summed E-state index contributed by atoms with van der Waals surface area (Å²) in [7, 11) is 1.32. The van der Waals surface area contributed by atoms with Crippen molar-refractivity contribution in [2.24, 2.45) is 0 Å². The van der Waals surface area contributed by atoms with E-state index in [0.717, 1.165) is 11.6 Å². The number of alkyl halides is 3. The number of aryl methyl sites for hydroxylation is 1. The molecule has 0 saturated carbocycles. The van der Waals surface area contributed by atoms with Crippen LogP contribution in [0.3, 0.4) is 0 Å². The number of hydrogen-bond acceptors (Lipinski definition) is 3. The Kier molecular flexibility index (Phi) is 5.51. The van der Waals surface area contributed by atoms with E-state index >= 15 is 0 Å². The van der Waals surface area contributed by atoms with Crippen molar-refractivity contribution in [3.05, 3.63) is 52.0 Å². The van der Waals surface area contributed by atoms with E-state index in [0.29, 0.717) is 16.7 Å². The van der Waals surface area contributed by atoms with Gasteiger partial charge >= 0.3 is 12.1 Å². The van der Waals surface area contributed by atoms with Crippen molar-refractivity contribution < 1.29 is 27.4 Å². The van der Waals surface area contributed by atoms with Crippen molar-refractivity contribution >= 4 is 21.9 Å². The molecule has 0 radical (unpaired) electrons. The minimum Gasteiger partial charge on any atom is -0.482 e. The number of carbonyl (C=O) groups excluding carboxylic acids is 1. The number of esters is 1. The highest BCUT2D eigenvalue weighted by molar-refractivity contribution is 9.11. The van der Waals surface area contributed by atoms with Crippen LogP contribution in [0.2, 0.25) is 0 Å². The van der Waals surface area contributed by atoms with Crippen LogP contribution in [0.25, 0.3) is 0 Å². The Labute approximate surface area is 139 Å². The molecule has 0 aliphatic heterocycles. The predicted octanol–water partition coefficient (Wildman–Crippen LogP) is 4.32. The summed E-state index contributed by atoms with van der Waals surface area (Å²) in [5.74, 6) is 0.0108. The van der Waals surface area contributed by atoms with Gasteiger partial charge in [-0.2, -0.15) is 13.2 Å². The molecule has 0 spiro atoms. The van der Waals surface area contributed by atoms with Crippen LogP contribution in [0.4, 0.5) is 13.2 Å². The lowest BCUT2D eigenvalue weighted by Crippen LogP contribution is -2.25. The molecule has 1 atom stereocenters. The summed E-state index contributed by atoms with van der Waals surface area (Å²) >= 11 is 3.04. The van der Waals surface area contributed by atoms with Crippen molar-refractivity contribution in [2.75, 3.05) is 7.11 Å². The quantitative estimate of drug-likeness (QED) is 0.702. The molecule has 2 rings (SSSR count). The van der Waals surface area contributed by atoms with Gasteiger partial charge in [-0.25, -0.2) is 0 Å². The Hall–Kier alpha value is -1.76. The highest BCUT2D eigenvalue weighted by Gasteiger charge is 2.41. The molecule has 0 amide bonds. The molecule has 23 heavy (non-hydrogen) atoms. The zero-order chi connectivity index (χ0) is 17.0. The van der Waals surface area contributed by atoms with Crippen LogP contribution in [-0.2, 0) is 16.0 Å². The average molecular weight is 391 g/mol. The number of allylic oxidation sites excluding steroid dienone is 2. The van der Waals surface area contributed by atoms with Crippen LogP contribution in [0.15, 0.2) is 46.5 Å². The van der Waals surface area contributed by atoms with E-state index in [1.165, 1.54) is 13.2 Å². The Balaban J connectivity index is 2.01. The van der Waals surface area contributed by atoms with Gasteiger partial charge in [-0.3, -0.25) is 4.79 Å². The fourth-order valence-electron chi connectivity index (χ4n) is 2.08. The van der Waals surface area contributed by atoms with Gasteiger partial charge in [0.05, 0.1) is 12.7 Å². The van der Waals surface area contributed by atoms with E-state index in [2.05, 4.69) is 20.7 Å². The first-order valence-corrected chi connectivity index (χ1v) is 7.57. The summed E-state index contributed by atoms with van der Waals surface area (Å²) in [4.78, 5) is 11.1. The maximum Gasteiger partial charge on any atom is 0.416 e. The molecule has 0 heterocycles. The summed E-state index contributed by atoms with van der Waals surface area (Å²) in [5.41, 5.74) is 0.122. The van der Waals surface area contributed by atoms with Gasteiger partial charge in [0, 0.05) is 10.9 Å². The number of carbonyl (C=O) groups is 1. The number of benzene rings is 1. The molecule has 124 valence electrons. The molecular formula is C16H14BrF3O3. The van der Waals surface area contributed by atoms with E-state index in [1.807, 2.05) is 0 Å². The number of rotatable bonds is 5. The Morgan fingerprint density at radius 1 is 1.26 bits per heavy atom. The molecule has 1 aromatic rings. The fraction of sp³-hybridized carbons (Fsp3) is 0.312. The Bertz CT molecular complexity index is 633. The first-order chi connectivity index (χ1) is 10.8.